The second kappa shape index (κ2) is 14.5. The van der Waals surface area contributed by atoms with Gasteiger partial charge in [0.15, 0.2) is 34.0 Å². The maximum Gasteiger partial charge on any atom is 0.226 e. The summed E-state index contributed by atoms with van der Waals surface area (Å²) in [6.07, 6.45) is 7.75. The topological polar surface area (TPSA) is 151 Å². The highest BCUT2D eigenvalue weighted by molar-refractivity contribution is 6.29. The van der Waals surface area contributed by atoms with Gasteiger partial charge >= 0.3 is 0 Å². The molecule has 4 aliphatic rings. The zero-order chi connectivity index (χ0) is 33.3. The van der Waals surface area contributed by atoms with Gasteiger partial charge in [-0.2, -0.15) is 19.9 Å². The van der Waals surface area contributed by atoms with Crippen LogP contribution < -0.4 is 9.80 Å². The van der Waals surface area contributed by atoms with Gasteiger partial charge in [-0.15, -0.1) is 0 Å². The van der Waals surface area contributed by atoms with E-state index in [4.69, 9.17) is 47.1 Å². The third-order valence-electron chi connectivity index (χ3n) is 8.95. The number of hydrogen-bond donors (Lipinski definition) is 1. The highest BCUT2D eigenvalue weighted by Crippen LogP contribution is 2.36. The number of imidazole rings is 2. The van der Waals surface area contributed by atoms with Crippen LogP contribution in [0.1, 0.15) is 70.7 Å². The van der Waals surface area contributed by atoms with Crippen molar-refractivity contribution < 1.29 is 24.1 Å². The lowest BCUT2D eigenvalue weighted by molar-refractivity contribution is -0.0405. The van der Waals surface area contributed by atoms with Crippen molar-refractivity contribution in [2.24, 2.45) is 0 Å². The van der Waals surface area contributed by atoms with Crippen molar-refractivity contribution in [3.63, 3.8) is 0 Å². The van der Waals surface area contributed by atoms with Gasteiger partial charge in [0.25, 0.3) is 0 Å². The minimum atomic E-state index is -1.14. The Balaban J connectivity index is 0.000000154. The van der Waals surface area contributed by atoms with Crippen molar-refractivity contribution in [3.05, 3.63) is 22.7 Å². The number of hydrogen-bond acceptors (Lipinski definition) is 13. The number of fused-ring (bicyclic) bond motifs is 2. The van der Waals surface area contributed by atoms with Crippen LogP contribution in [-0.2, 0) is 24.5 Å². The zero-order valence-corrected chi connectivity index (χ0v) is 28.9. The molecule has 0 aliphatic carbocycles. The van der Waals surface area contributed by atoms with Crippen molar-refractivity contribution >= 4 is 57.2 Å². The molecule has 260 valence electrons. The molecule has 4 saturated heterocycles. The number of rotatable bonds is 5. The van der Waals surface area contributed by atoms with Gasteiger partial charge in [-0.1, -0.05) is 0 Å². The van der Waals surface area contributed by atoms with Crippen molar-refractivity contribution in [3.8, 4) is 0 Å². The summed E-state index contributed by atoms with van der Waals surface area (Å²) in [4.78, 5) is 31.2. The molecule has 0 aromatic carbocycles. The molecule has 4 fully saturated rings. The molecule has 48 heavy (non-hydrogen) atoms. The van der Waals surface area contributed by atoms with Crippen molar-refractivity contribution in [2.45, 2.75) is 70.4 Å². The first-order valence-electron chi connectivity index (χ1n) is 16.7. The monoisotopic (exact) mass is 704 g/mol. The molecule has 4 aliphatic heterocycles. The smallest absolute Gasteiger partial charge is 0.226 e. The zero-order valence-electron chi connectivity index (χ0n) is 27.4. The second-order valence-electron chi connectivity index (χ2n) is 12.8. The van der Waals surface area contributed by atoms with Crippen molar-refractivity contribution in [1.29, 1.82) is 0 Å². The predicted molar refractivity (Wildman–Crippen MR) is 180 cm³/mol. The van der Waals surface area contributed by atoms with E-state index in [-0.39, 0.29) is 23.0 Å². The van der Waals surface area contributed by atoms with Gasteiger partial charge in [0, 0.05) is 39.4 Å². The average Bonchev–Trinajstić information content (AvgIpc) is 3.72. The maximum absolute atomic E-state index is 10.7. The third kappa shape index (κ3) is 7.04. The molecule has 2 atom stereocenters. The third-order valence-corrected chi connectivity index (χ3v) is 9.29. The van der Waals surface area contributed by atoms with Crippen LogP contribution in [0.15, 0.2) is 6.33 Å². The summed E-state index contributed by atoms with van der Waals surface area (Å²) in [7, 11) is 0. The Kier molecular flexibility index (Phi) is 10.2. The normalized spacial score (nSPS) is 22.6. The molecule has 0 spiro atoms. The molecule has 15 nitrogen and oxygen atoms in total. The van der Waals surface area contributed by atoms with Crippen LogP contribution in [0.4, 0.5) is 11.6 Å². The number of ether oxygens (including phenoxy) is 4. The van der Waals surface area contributed by atoms with Crippen LogP contribution in [0.2, 0.25) is 10.6 Å². The first-order valence-corrected chi connectivity index (χ1v) is 17.5. The van der Waals surface area contributed by atoms with E-state index < -0.39 is 5.60 Å². The summed E-state index contributed by atoms with van der Waals surface area (Å²) in [6, 6.07) is 0. The van der Waals surface area contributed by atoms with E-state index in [1.165, 1.54) is 0 Å². The van der Waals surface area contributed by atoms with Gasteiger partial charge in [0.2, 0.25) is 10.6 Å². The molecule has 1 N–H and O–H groups in total. The first-order chi connectivity index (χ1) is 23.3. The van der Waals surface area contributed by atoms with Crippen LogP contribution in [0.25, 0.3) is 22.3 Å². The molecule has 8 heterocycles. The van der Waals surface area contributed by atoms with E-state index in [2.05, 4.69) is 34.7 Å². The lowest BCUT2D eigenvalue weighted by atomic mass is 10.1. The predicted octanol–water partition coefficient (Wildman–Crippen LogP) is 4.26. The van der Waals surface area contributed by atoms with E-state index in [1.807, 2.05) is 9.13 Å². The molecule has 17 heteroatoms. The average molecular weight is 706 g/mol. The summed E-state index contributed by atoms with van der Waals surface area (Å²) >= 11 is 12.4. The summed E-state index contributed by atoms with van der Waals surface area (Å²) in [5, 5.41) is 11.1. The Hall–Kier alpha value is -2.92. The number of aromatic nitrogens is 8. The Morgan fingerprint density at radius 2 is 1.23 bits per heavy atom. The van der Waals surface area contributed by atoms with E-state index in [1.54, 1.807) is 20.2 Å². The van der Waals surface area contributed by atoms with Crippen LogP contribution in [0.3, 0.4) is 0 Å². The first kappa shape index (κ1) is 33.6. The Morgan fingerprint density at radius 1 is 0.688 bits per heavy atom. The molecule has 0 amide bonds. The van der Waals surface area contributed by atoms with E-state index in [9.17, 15) is 5.11 Å². The fourth-order valence-corrected chi connectivity index (χ4v) is 6.91. The minimum absolute atomic E-state index is 0.0118. The van der Waals surface area contributed by atoms with Crippen LogP contribution in [0, 0.1) is 0 Å². The fraction of sp³-hybridized carbons (Fsp3) is 0.677. The van der Waals surface area contributed by atoms with Gasteiger partial charge in [-0.25, -0.2) is 9.97 Å². The van der Waals surface area contributed by atoms with Gasteiger partial charge in [-0.3, -0.25) is 9.13 Å². The summed E-state index contributed by atoms with van der Waals surface area (Å²) in [6.45, 7) is 10.6. The second-order valence-corrected chi connectivity index (χ2v) is 13.5. The van der Waals surface area contributed by atoms with Crippen LogP contribution in [0.5, 0.6) is 0 Å². The lowest BCUT2D eigenvalue weighted by Crippen LogP contribution is -2.37. The van der Waals surface area contributed by atoms with E-state index in [0.29, 0.717) is 68.9 Å². The minimum Gasteiger partial charge on any atom is -0.383 e. The van der Waals surface area contributed by atoms with Crippen LogP contribution in [-0.4, -0.2) is 110 Å². The number of morpholine rings is 2. The van der Waals surface area contributed by atoms with Gasteiger partial charge in [-0.05, 0) is 75.6 Å². The van der Waals surface area contributed by atoms with E-state index in [0.717, 1.165) is 75.2 Å². The number of anilines is 2. The summed E-state index contributed by atoms with van der Waals surface area (Å²) < 4.78 is 26.5. The largest absolute Gasteiger partial charge is 0.383 e. The van der Waals surface area contributed by atoms with Gasteiger partial charge in [0.05, 0.1) is 32.8 Å². The standard InChI is InChI=1S/C17H24ClN5O3.C14H18ClN5O2/c1-17(2,24)15-19-12-13(22-6-9-25-10-7-22)20-16(18)21-14(12)23(15)11-5-3-4-8-26-11;15-14-17-12(19-4-7-21-8-5-19)11-13(18-14)20(9-16-11)10-3-1-2-6-22-10/h11,24H,3-10H2,1-2H3;9-10H,1-8H2. The molecule has 0 radical (unpaired) electrons. The SMILES string of the molecule is CC(C)(O)c1nc2c(N3CCOCC3)nc(Cl)nc2n1C1CCCCO1.Clc1nc(N2CCOCC2)c2ncn(C3CCCCO3)c2n1. The number of aliphatic hydroxyl groups is 1. The molecule has 8 rings (SSSR count). The quantitative estimate of drug-likeness (QED) is 0.295. The van der Waals surface area contributed by atoms with Crippen molar-refractivity contribution in [1.82, 2.24) is 39.0 Å². The molecular formula is C31H42Cl2N10O5. The summed E-state index contributed by atoms with van der Waals surface area (Å²) in [5.74, 6) is 1.99. The Bertz CT molecular complexity index is 1710. The van der Waals surface area contributed by atoms with Gasteiger partial charge < -0.3 is 33.9 Å². The molecular weight excluding hydrogens is 663 g/mol. The maximum atomic E-state index is 10.7. The highest BCUT2D eigenvalue weighted by atomic mass is 35.5. The Morgan fingerprint density at radius 3 is 1.77 bits per heavy atom. The molecule has 0 saturated carbocycles. The molecule has 2 unspecified atom stereocenters. The molecule has 4 aromatic rings. The van der Waals surface area contributed by atoms with Crippen LogP contribution >= 0.6 is 23.2 Å². The summed E-state index contributed by atoms with van der Waals surface area (Å²) in [5.41, 5.74) is 1.63. The molecule has 0 bridgehead atoms. The highest BCUT2D eigenvalue weighted by Gasteiger charge is 2.33. The van der Waals surface area contributed by atoms with Crippen molar-refractivity contribution in [2.75, 3.05) is 75.6 Å². The van der Waals surface area contributed by atoms with E-state index >= 15 is 0 Å². The molecule has 4 aromatic heterocycles. The number of halogens is 2. The van der Waals surface area contributed by atoms with Gasteiger partial charge in [0.1, 0.15) is 23.9 Å². The number of nitrogens with zero attached hydrogens (tertiary/aromatic N) is 10. The Labute approximate surface area is 288 Å². The lowest BCUT2D eigenvalue weighted by Gasteiger charge is -2.29. The fourth-order valence-electron chi connectivity index (χ4n) is 6.59.